The van der Waals surface area contributed by atoms with Crippen LogP contribution in [0.15, 0.2) is 48.5 Å². The topological polar surface area (TPSA) is 20.2 Å². The zero-order valence-corrected chi connectivity index (χ0v) is 10.4. The number of halogens is 2. The first-order chi connectivity index (χ1) is 9.63. The molecule has 1 nitrogen and oxygen atoms in total. The van der Waals surface area contributed by atoms with E-state index in [0.717, 1.165) is 0 Å². The largest absolute Gasteiger partial charge is 0.369 e. The van der Waals surface area contributed by atoms with Crippen LogP contribution in [0, 0.1) is 35.3 Å². The number of aliphatic hydroxyl groups excluding tert-OH is 1. The number of aliphatic hydroxyl groups is 1. The van der Waals surface area contributed by atoms with Crippen molar-refractivity contribution in [3.63, 3.8) is 0 Å². The Hall–Kier alpha value is -2.62. The van der Waals surface area contributed by atoms with Crippen molar-refractivity contribution in [2.45, 2.75) is 6.10 Å². The average Bonchev–Trinajstić information content (AvgIpc) is 2.46. The van der Waals surface area contributed by atoms with Gasteiger partial charge in [-0.2, -0.15) is 0 Å². The third-order valence-electron chi connectivity index (χ3n) is 2.39. The molecule has 3 heteroatoms. The molecule has 0 unspecified atom stereocenters. The van der Waals surface area contributed by atoms with Gasteiger partial charge in [0.1, 0.15) is 11.6 Å². The molecular formula is C17H10F2O. The summed E-state index contributed by atoms with van der Waals surface area (Å²) < 4.78 is 25.4. The van der Waals surface area contributed by atoms with Crippen molar-refractivity contribution in [3.8, 4) is 23.7 Å². The minimum Gasteiger partial charge on any atom is -0.369 e. The minimum absolute atomic E-state index is 0.341. The standard InChI is InChI=1S/C17H10F2O/c18-15-7-1-13(2-8-15)5-11-17(20)12-6-14-3-9-16(19)10-4-14/h1-4,7-10,17,20H. The average molecular weight is 268 g/mol. The first kappa shape index (κ1) is 13.8. The van der Waals surface area contributed by atoms with Crippen molar-refractivity contribution in [3.05, 3.63) is 71.3 Å². The molecule has 2 aromatic carbocycles. The number of rotatable bonds is 0. The molecule has 0 atom stereocenters. The fourth-order valence-corrected chi connectivity index (χ4v) is 1.41. The Balaban J connectivity index is 2.05. The van der Waals surface area contributed by atoms with E-state index in [1.807, 2.05) is 0 Å². The summed E-state index contributed by atoms with van der Waals surface area (Å²) in [5, 5.41) is 9.59. The van der Waals surface area contributed by atoms with Gasteiger partial charge in [0.2, 0.25) is 0 Å². The molecule has 2 aromatic rings. The van der Waals surface area contributed by atoms with E-state index in [-0.39, 0.29) is 11.6 Å². The predicted octanol–water partition coefficient (Wildman–Crippen LogP) is 2.73. The Morgan fingerprint density at radius 1 is 0.700 bits per heavy atom. The third-order valence-corrected chi connectivity index (χ3v) is 2.39. The summed E-state index contributed by atoms with van der Waals surface area (Å²) in [6.07, 6.45) is -1.12. The van der Waals surface area contributed by atoms with Crippen LogP contribution in [0.25, 0.3) is 0 Å². The molecule has 0 saturated heterocycles. The van der Waals surface area contributed by atoms with Crippen LogP contribution in [0.3, 0.4) is 0 Å². The highest BCUT2D eigenvalue weighted by Gasteiger charge is 1.93. The second-order valence-electron chi connectivity index (χ2n) is 3.95. The van der Waals surface area contributed by atoms with Crippen molar-refractivity contribution in [1.82, 2.24) is 0 Å². The van der Waals surface area contributed by atoms with Gasteiger partial charge in [-0.25, -0.2) is 8.78 Å². The lowest BCUT2D eigenvalue weighted by molar-refractivity contribution is 0.289. The van der Waals surface area contributed by atoms with E-state index in [1.165, 1.54) is 48.5 Å². The van der Waals surface area contributed by atoms with Gasteiger partial charge in [-0.05, 0) is 48.5 Å². The highest BCUT2D eigenvalue weighted by atomic mass is 19.1. The van der Waals surface area contributed by atoms with E-state index in [2.05, 4.69) is 23.7 Å². The van der Waals surface area contributed by atoms with Crippen molar-refractivity contribution >= 4 is 0 Å². The Kier molecular flexibility index (Phi) is 4.50. The first-order valence-electron chi connectivity index (χ1n) is 5.86. The van der Waals surface area contributed by atoms with Crippen molar-refractivity contribution < 1.29 is 13.9 Å². The summed E-state index contributed by atoms with van der Waals surface area (Å²) in [6, 6.07) is 11.2. The minimum atomic E-state index is -1.12. The van der Waals surface area contributed by atoms with E-state index < -0.39 is 6.10 Å². The fourth-order valence-electron chi connectivity index (χ4n) is 1.41. The van der Waals surface area contributed by atoms with Crippen LogP contribution < -0.4 is 0 Å². The molecule has 0 saturated carbocycles. The number of hydrogen-bond acceptors (Lipinski definition) is 1. The van der Waals surface area contributed by atoms with E-state index in [0.29, 0.717) is 11.1 Å². The summed E-state index contributed by atoms with van der Waals surface area (Å²) in [5.74, 6) is 9.77. The summed E-state index contributed by atoms with van der Waals surface area (Å²) in [6.45, 7) is 0. The summed E-state index contributed by atoms with van der Waals surface area (Å²) in [4.78, 5) is 0. The molecule has 0 spiro atoms. The van der Waals surface area contributed by atoms with Gasteiger partial charge in [0.25, 0.3) is 0 Å². The van der Waals surface area contributed by atoms with Gasteiger partial charge < -0.3 is 5.11 Å². The van der Waals surface area contributed by atoms with Gasteiger partial charge in [0.05, 0.1) is 0 Å². The molecule has 0 aliphatic heterocycles. The van der Waals surface area contributed by atoms with Crippen molar-refractivity contribution in [1.29, 1.82) is 0 Å². The highest BCUT2D eigenvalue weighted by Crippen LogP contribution is 2.02. The fraction of sp³-hybridized carbons (Fsp3) is 0.0588. The molecule has 98 valence electrons. The molecule has 0 radical (unpaired) electrons. The van der Waals surface area contributed by atoms with Crippen molar-refractivity contribution in [2.24, 2.45) is 0 Å². The molecule has 0 bridgehead atoms. The maximum Gasteiger partial charge on any atom is 0.177 e. The lowest BCUT2D eigenvalue weighted by Gasteiger charge is -1.92. The van der Waals surface area contributed by atoms with Gasteiger partial charge in [0.15, 0.2) is 6.10 Å². The van der Waals surface area contributed by atoms with Crippen LogP contribution in [0.1, 0.15) is 11.1 Å². The molecule has 0 aliphatic carbocycles. The normalized spacial score (nSPS) is 9.40. The molecule has 0 aliphatic rings. The van der Waals surface area contributed by atoms with Crippen LogP contribution in [0.4, 0.5) is 8.78 Å². The van der Waals surface area contributed by atoms with Crippen molar-refractivity contribution in [2.75, 3.05) is 0 Å². The van der Waals surface area contributed by atoms with Crippen LogP contribution in [0.5, 0.6) is 0 Å². The molecule has 0 heterocycles. The van der Waals surface area contributed by atoms with E-state index in [4.69, 9.17) is 0 Å². The molecule has 0 fully saturated rings. The van der Waals surface area contributed by atoms with Gasteiger partial charge >= 0.3 is 0 Å². The molecule has 20 heavy (non-hydrogen) atoms. The molecule has 0 aromatic heterocycles. The van der Waals surface area contributed by atoms with E-state index in [9.17, 15) is 13.9 Å². The quantitative estimate of drug-likeness (QED) is 0.728. The zero-order valence-electron chi connectivity index (χ0n) is 10.4. The zero-order chi connectivity index (χ0) is 14.4. The van der Waals surface area contributed by atoms with Crippen LogP contribution in [-0.2, 0) is 0 Å². The summed E-state index contributed by atoms with van der Waals surface area (Å²) in [7, 11) is 0. The molecule has 2 rings (SSSR count). The Bertz CT molecular complexity index is 632. The predicted molar refractivity (Wildman–Crippen MR) is 72.6 cm³/mol. The second-order valence-corrected chi connectivity index (χ2v) is 3.95. The number of hydrogen-bond donors (Lipinski definition) is 1. The van der Waals surface area contributed by atoms with E-state index in [1.54, 1.807) is 0 Å². The number of benzene rings is 2. The van der Waals surface area contributed by atoms with Crippen LogP contribution in [0.2, 0.25) is 0 Å². The lowest BCUT2D eigenvalue weighted by atomic mass is 10.2. The Labute approximate surface area is 115 Å². The monoisotopic (exact) mass is 268 g/mol. The Morgan fingerprint density at radius 2 is 1.05 bits per heavy atom. The van der Waals surface area contributed by atoms with Crippen LogP contribution in [-0.4, -0.2) is 11.2 Å². The van der Waals surface area contributed by atoms with Gasteiger partial charge in [-0.3, -0.25) is 0 Å². The summed E-state index contributed by atoms with van der Waals surface area (Å²) in [5.41, 5.74) is 1.18. The molecular weight excluding hydrogens is 258 g/mol. The molecule has 0 amide bonds. The maximum absolute atomic E-state index is 12.7. The maximum atomic E-state index is 12.7. The van der Waals surface area contributed by atoms with Gasteiger partial charge in [-0.1, -0.05) is 23.7 Å². The SMILES string of the molecule is OC(C#Cc1ccc(F)cc1)C#Cc1ccc(F)cc1. The van der Waals surface area contributed by atoms with Crippen LogP contribution >= 0.6 is 0 Å². The van der Waals surface area contributed by atoms with E-state index >= 15 is 0 Å². The second kappa shape index (κ2) is 6.52. The van der Waals surface area contributed by atoms with Gasteiger partial charge in [-0.15, -0.1) is 0 Å². The Morgan fingerprint density at radius 3 is 1.40 bits per heavy atom. The van der Waals surface area contributed by atoms with Gasteiger partial charge in [0, 0.05) is 11.1 Å². The molecule has 1 N–H and O–H groups in total. The smallest absolute Gasteiger partial charge is 0.177 e. The third kappa shape index (κ3) is 4.24. The highest BCUT2D eigenvalue weighted by molar-refractivity contribution is 5.39. The lowest BCUT2D eigenvalue weighted by Crippen LogP contribution is -1.97. The summed E-state index contributed by atoms with van der Waals surface area (Å²) >= 11 is 0. The first-order valence-corrected chi connectivity index (χ1v) is 5.86.